The molecule has 2 rings (SSSR count). The summed E-state index contributed by atoms with van der Waals surface area (Å²) in [6.45, 7) is 0. The van der Waals surface area contributed by atoms with Crippen molar-refractivity contribution in [2.24, 2.45) is 0 Å². The second kappa shape index (κ2) is 5.95. The first-order valence-corrected chi connectivity index (χ1v) is 6.71. The van der Waals surface area contributed by atoms with Crippen LogP contribution in [0.25, 0.3) is 11.1 Å². The van der Waals surface area contributed by atoms with Crippen molar-refractivity contribution in [3.63, 3.8) is 0 Å². The van der Waals surface area contributed by atoms with Crippen molar-refractivity contribution in [1.29, 1.82) is 0 Å². The van der Waals surface area contributed by atoms with E-state index in [2.05, 4.69) is 4.98 Å². The molecule has 1 aromatic heterocycles. The Hall–Kier alpha value is -1.50. The van der Waals surface area contributed by atoms with Crippen molar-refractivity contribution in [1.82, 2.24) is 4.98 Å². The first-order chi connectivity index (χ1) is 10.1. The fraction of sp³-hybridized carbons (Fsp3) is 0.0769. The normalized spacial score (nSPS) is 11.5. The lowest BCUT2D eigenvalue weighted by Crippen LogP contribution is -2.13. The van der Waals surface area contributed by atoms with Crippen LogP contribution in [0.4, 0.5) is 13.2 Å². The van der Waals surface area contributed by atoms with E-state index in [4.69, 9.17) is 39.9 Å². The SMILES string of the molecule is O=C(O)c1nc(C(F)(F)F)ccc1-c1ccc(Cl)c(Cl)c1Cl. The molecule has 2 aromatic rings. The zero-order chi connectivity index (χ0) is 16.7. The number of carboxylic acid groups (broad SMARTS) is 1. The van der Waals surface area contributed by atoms with Gasteiger partial charge in [0.2, 0.25) is 0 Å². The third-order valence-corrected chi connectivity index (χ3v) is 4.01. The number of hydrogen-bond donors (Lipinski definition) is 1. The summed E-state index contributed by atoms with van der Waals surface area (Å²) in [4.78, 5) is 14.4. The predicted molar refractivity (Wildman–Crippen MR) is 76.7 cm³/mol. The number of aromatic carboxylic acids is 1. The highest BCUT2D eigenvalue weighted by molar-refractivity contribution is 6.49. The van der Waals surface area contributed by atoms with Gasteiger partial charge in [-0.25, -0.2) is 9.78 Å². The second-order valence-electron chi connectivity index (χ2n) is 4.12. The molecule has 0 unspecified atom stereocenters. The van der Waals surface area contributed by atoms with Crippen LogP contribution in [0, 0.1) is 0 Å². The van der Waals surface area contributed by atoms with Gasteiger partial charge in [0.1, 0.15) is 5.69 Å². The fourth-order valence-corrected chi connectivity index (χ4v) is 2.37. The number of pyridine rings is 1. The van der Waals surface area contributed by atoms with Gasteiger partial charge in [0.25, 0.3) is 0 Å². The molecule has 9 heteroatoms. The summed E-state index contributed by atoms with van der Waals surface area (Å²) < 4.78 is 37.9. The van der Waals surface area contributed by atoms with Crippen LogP contribution >= 0.6 is 34.8 Å². The van der Waals surface area contributed by atoms with Crippen LogP contribution in [0.5, 0.6) is 0 Å². The van der Waals surface area contributed by atoms with E-state index in [0.717, 1.165) is 6.07 Å². The molecule has 0 bridgehead atoms. The minimum atomic E-state index is -4.76. The molecule has 0 aliphatic heterocycles. The van der Waals surface area contributed by atoms with Crippen molar-refractivity contribution in [2.75, 3.05) is 0 Å². The van der Waals surface area contributed by atoms with E-state index in [1.165, 1.54) is 12.1 Å². The Balaban J connectivity index is 2.71. The number of rotatable bonds is 2. The van der Waals surface area contributed by atoms with Crippen LogP contribution < -0.4 is 0 Å². The molecule has 22 heavy (non-hydrogen) atoms. The summed E-state index contributed by atoms with van der Waals surface area (Å²) in [6.07, 6.45) is -4.76. The number of nitrogens with zero attached hydrogens (tertiary/aromatic N) is 1. The molecule has 0 saturated carbocycles. The Bertz CT molecular complexity index is 763. The molecule has 1 heterocycles. The molecule has 0 radical (unpaired) electrons. The van der Waals surface area contributed by atoms with Crippen LogP contribution in [0.15, 0.2) is 24.3 Å². The largest absolute Gasteiger partial charge is 0.476 e. The van der Waals surface area contributed by atoms with E-state index in [9.17, 15) is 18.0 Å². The number of carbonyl (C=O) groups is 1. The standard InChI is InChI=1S/C13H5Cl3F3NO2/c14-7-3-1-5(9(15)10(7)16)6-2-4-8(13(17,18)19)20-11(6)12(21)22/h1-4H,(H,21,22). The van der Waals surface area contributed by atoms with Crippen molar-refractivity contribution in [3.8, 4) is 11.1 Å². The fourth-order valence-electron chi connectivity index (χ4n) is 1.73. The average molecular weight is 371 g/mol. The third kappa shape index (κ3) is 3.14. The maximum atomic E-state index is 12.6. The molecule has 0 aliphatic rings. The number of alkyl halides is 3. The molecule has 0 spiro atoms. The molecule has 0 aliphatic carbocycles. The van der Waals surface area contributed by atoms with Crippen molar-refractivity contribution in [2.45, 2.75) is 6.18 Å². The number of halogens is 6. The zero-order valence-electron chi connectivity index (χ0n) is 10.4. The Labute approximate surface area is 137 Å². The summed E-state index contributed by atoms with van der Waals surface area (Å²) >= 11 is 17.6. The zero-order valence-corrected chi connectivity index (χ0v) is 12.6. The van der Waals surface area contributed by atoms with Crippen molar-refractivity contribution >= 4 is 40.8 Å². The molecule has 0 atom stereocenters. The lowest BCUT2D eigenvalue weighted by atomic mass is 10.0. The maximum absolute atomic E-state index is 12.6. The number of aromatic nitrogens is 1. The first-order valence-electron chi connectivity index (χ1n) is 5.58. The summed E-state index contributed by atoms with van der Waals surface area (Å²) in [7, 11) is 0. The highest BCUT2D eigenvalue weighted by Crippen LogP contribution is 2.39. The average Bonchev–Trinajstić information content (AvgIpc) is 2.43. The predicted octanol–water partition coefficient (Wildman–Crippen LogP) is 5.43. The van der Waals surface area contributed by atoms with Gasteiger partial charge in [-0.2, -0.15) is 13.2 Å². The van der Waals surface area contributed by atoms with Gasteiger partial charge in [0.15, 0.2) is 5.69 Å². The Morgan fingerprint density at radius 3 is 2.14 bits per heavy atom. The Morgan fingerprint density at radius 2 is 1.59 bits per heavy atom. The smallest absolute Gasteiger partial charge is 0.433 e. The molecule has 1 aromatic carbocycles. The lowest BCUT2D eigenvalue weighted by molar-refractivity contribution is -0.141. The van der Waals surface area contributed by atoms with Gasteiger partial charge in [-0.3, -0.25) is 0 Å². The molecule has 0 amide bonds. The van der Waals surface area contributed by atoms with E-state index in [1.807, 2.05) is 0 Å². The van der Waals surface area contributed by atoms with E-state index in [0.29, 0.717) is 6.07 Å². The van der Waals surface area contributed by atoms with Crippen LogP contribution in [0.3, 0.4) is 0 Å². The summed E-state index contributed by atoms with van der Waals surface area (Å²) in [5.41, 5.74) is -2.07. The summed E-state index contributed by atoms with van der Waals surface area (Å²) in [6, 6.07) is 4.35. The first kappa shape index (κ1) is 16.9. The van der Waals surface area contributed by atoms with Gasteiger partial charge >= 0.3 is 12.1 Å². The minimum Gasteiger partial charge on any atom is -0.476 e. The Morgan fingerprint density at radius 1 is 1.00 bits per heavy atom. The van der Waals surface area contributed by atoms with Gasteiger partial charge in [0, 0.05) is 11.1 Å². The molecule has 116 valence electrons. The van der Waals surface area contributed by atoms with Crippen LogP contribution in [0.2, 0.25) is 15.1 Å². The highest BCUT2D eigenvalue weighted by atomic mass is 35.5. The topological polar surface area (TPSA) is 50.2 Å². The minimum absolute atomic E-state index is 0.0305. The summed E-state index contributed by atoms with van der Waals surface area (Å²) in [5, 5.41) is 9.13. The summed E-state index contributed by atoms with van der Waals surface area (Å²) in [5.74, 6) is -1.62. The van der Waals surface area contributed by atoms with Gasteiger partial charge in [-0.05, 0) is 18.2 Å². The lowest BCUT2D eigenvalue weighted by Gasteiger charge is -2.12. The van der Waals surface area contributed by atoms with E-state index in [1.54, 1.807) is 0 Å². The number of hydrogen-bond acceptors (Lipinski definition) is 2. The second-order valence-corrected chi connectivity index (χ2v) is 5.28. The van der Waals surface area contributed by atoms with E-state index < -0.39 is 23.5 Å². The monoisotopic (exact) mass is 369 g/mol. The van der Waals surface area contributed by atoms with Gasteiger partial charge < -0.3 is 5.11 Å². The van der Waals surface area contributed by atoms with Crippen LogP contribution in [-0.2, 0) is 6.18 Å². The molecule has 1 N–H and O–H groups in total. The van der Waals surface area contributed by atoms with Gasteiger partial charge in [-0.1, -0.05) is 40.9 Å². The number of benzene rings is 1. The molecule has 3 nitrogen and oxygen atoms in total. The quantitative estimate of drug-likeness (QED) is 0.718. The Kier molecular flexibility index (Phi) is 4.56. The van der Waals surface area contributed by atoms with Crippen LogP contribution in [-0.4, -0.2) is 16.1 Å². The van der Waals surface area contributed by atoms with Crippen molar-refractivity contribution < 1.29 is 23.1 Å². The third-order valence-electron chi connectivity index (χ3n) is 2.71. The van der Waals surface area contributed by atoms with Crippen LogP contribution in [0.1, 0.15) is 16.2 Å². The molecular weight excluding hydrogens is 366 g/mol. The van der Waals surface area contributed by atoms with E-state index >= 15 is 0 Å². The molecule has 0 fully saturated rings. The highest BCUT2D eigenvalue weighted by Gasteiger charge is 2.34. The van der Waals surface area contributed by atoms with Gasteiger partial charge in [-0.15, -0.1) is 0 Å². The van der Waals surface area contributed by atoms with Gasteiger partial charge in [0.05, 0.1) is 15.1 Å². The molecular formula is C13H5Cl3F3NO2. The van der Waals surface area contributed by atoms with E-state index in [-0.39, 0.29) is 26.2 Å². The maximum Gasteiger partial charge on any atom is 0.433 e. The molecule has 0 saturated heterocycles. The number of carboxylic acids is 1. The van der Waals surface area contributed by atoms with Crippen molar-refractivity contribution in [3.05, 3.63) is 50.7 Å².